The third kappa shape index (κ3) is 4.76. The van der Waals surface area contributed by atoms with E-state index in [4.69, 9.17) is 0 Å². The molecule has 0 bridgehead atoms. The van der Waals surface area contributed by atoms with Crippen LogP contribution in [0.15, 0.2) is 24.3 Å². The maximum atomic E-state index is 10.9. The molecule has 0 heterocycles. The molecule has 0 fully saturated rings. The quantitative estimate of drug-likeness (QED) is 0.586. The van der Waals surface area contributed by atoms with Gasteiger partial charge < -0.3 is 4.74 Å². The zero-order valence-corrected chi connectivity index (χ0v) is 9.72. The van der Waals surface area contributed by atoms with Gasteiger partial charge in [-0.25, -0.2) is 14.7 Å². The number of hydrogen-bond acceptors (Lipinski definition) is 6. The van der Waals surface area contributed by atoms with E-state index in [1.54, 1.807) is 0 Å². The van der Waals surface area contributed by atoms with Gasteiger partial charge in [-0.1, -0.05) is 0 Å². The van der Waals surface area contributed by atoms with Crippen molar-refractivity contribution < 1.29 is 22.9 Å². The topological polar surface area (TPSA) is 142 Å². The lowest BCUT2D eigenvalue weighted by Crippen LogP contribution is -2.36. The number of carbonyl (C=O) groups excluding carboxylic acids is 1. The second kappa shape index (κ2) is 5.42. The fraction of sp³-hybridized carbons (Fsp3) is 0.125. The first kappa shape index (κ1) is 13.9. The third-order valence-electron chi connectivity index (χ3n) is 1.74. The molecule has 18 heavy (non-hydrogen) atoms. The number of nitrogens with one attached hydrogen (secondary N) is 1. The Kier molecular flexibility index (Phi) is 4.18. The van der Waals surface area contributed by atoms with Crippen LogP contribution in [0.3, 0.4) is 0 Å². The summed E-state index contributed by atoms with van der Waals surface area (Å²) in [5.41, 5.74) is 0.359. The lowest BCUT2D eigenvalue weighted by Gasteiger charge is -2.04. The fourth-order valence-electron chi connectivity index (χ4n) is 1.01. The monoisotopic (exact) mass is 275 g/mol. The maximum Gasteiger partial charge on any atom is 0.422 e. The lowest BCUT2D eigenvalue weighted by atomic mass is 10.2. The molecule has 0 aliphatic heterocycles. The molecule has 0 aromatic heterocycles. The Morgan fingerprint density at radius 2 is 1.94 bits per heavy atom. The van der Waals surface area contributed by atoms with E-state index < -0.39 is 21.2 Å². The maximum absolute atomic E-state index is 10.9. The summed E-state index contributed by atoms with van der Waals surface area (Å²) in [5.74, 6) is 0. The lowest BCUT2D eigenvalue weighted by molar-refractivity contribution is -0.384. The van der Waals surface area contributed by atoms with Gasteiger partial charge in [0.2, 0.25) is 0 Å². The van der Waals surface area contributed by atoms with Gasteiger partial charge in [0, 0.05) is 12.1 Å². The van der Waals surface area contributed by atoms with Gasteiger partial charge in [-0.3, -0.25) is 10.1 Å². The number of nitro benzene ring substituents is 1. The molecule has 0 radical (unpaired) electrons. The highest BCUT2D eigenvalue weighted by atomic mass is 32.2. The summed E-state index contributed by atoms with van der Waals surface area (Å²) in [4.78, 5) is 20.7. The Bertz CT molecular complexity index is 553. The van der Waals surface area contributed by atoms with Crippen molar-refractivity contribution in [1.29, 1.82) is 0 Å². The molecule has 10 heteroatoms. The van der Waals surface area contributed by atoms with Gasteiger partial charge >= 0.3 is 16.3 Å². The highest BCUT2D eigenvalue weighted by Gasteiger charge is 2.10. The van der Waals surface area contributed by atoms with E-state index in [0.29, 0.717) is 5.56 Å². The highest BCUT2D eigenvalue weighted by Crippen LogP contribution is 2.12. The summed E-state index contributed by atoms with van der Waals surface area (Å²) in [6, 6.07) is 5.22. The zero-order valence-electron chi connectivity index (χ0n) is 8.90. The molecule has 1 aromatic rings. The van der Waals surface area contributed by atoms with Crippen LogP contribution in [-0.4, -0.2) is 19.4 Å². The first-order valence-electron chi connectivity index (χ1n) is 4.48. The standard InChI is InChI=1S/C8H9N3O6S/c9-18(15,16)10-8(12)17-5-6-1-3-7(4-2-6)11(13)14/h1-4H,5H2,(H,10,12)(H2,9,15,16). The van der Waals surface area contributed by atoms with Crippen molar-refractivity contribution in [1.82, 2.24) is 4.72 Å². The summed E-state index contributed by atoms with van der Waals surface area (Å²) in [6.45, 7) is -0.237. The minimum atomic E-state index is -4.16. The Hall–Kier alpha value is -2.20. The summed E-state index contributed by atoms with van der Waals surface area (Å²) in [7, 11) is -4.16. The summed E-state index contributed by atoms with van der Waals surface area (Å²) >= 11 is 0. The van der Waals surface area contributed by atoms with Crippen LogP contribution in [0.2, 0.25) is 0 Å². The molecule has 1 rings (SSSR count). The van der Waals surface area contributed by atoms with Crippen LogP contribution in [-0.2, 0) is 21.6 Å². The van der Waals surface area contributed by atoms with Gasteiger partial charge in [0.25, 0.3) is 5.69 Å². The fourth-order valence-corrected chi connectivity index (χ4v) is 1.30. The normalized spacial score (nSPS) is 10.7. The van der Waals surface area contributed by atoms with Crippen LogP contribution in [0, 0.1) is 10.1 Å². The van der Waals surface area contributed by atoms with Crippen LogP contribution in [0.1, 0.15) is 5.56 Å². The predicted molar refractivity (Wildman–Crippen MR) is 59.5 cm³/mol. The van der Waals surface area contributed by atoms with E-state index in [1.807, 2.05) is 0 Å². The molecule has 1 amide bonds. The molecule has 3 N–H and O–H groups in total. The number of ether oxygens (including phenoxy) is 1. The first-order valence-corrected chi connectivity index (χ1v) is 6.03. The zero-order chi connectivity index (χ0) is 13.8. The highest BCUT2D eigenvalue weighted by molar-refractivity contribution is 7.87. The molecule has 9 nitrogen and oxygen atoms in total. The molecular weight excluding hydrogens is 266 g/mol. The molecule has 98 valence electrons. The van der Waals surface area contributed by atoms with E-state index >= 15 is 0 Å². The molecule has 0 spiro atoms. The van der Waals surface area contributed by atoms with Gasteiger partial charge in [-0.05, 0) is 17.7 Å². The van der Waals surface area contributed by atoms with E-state index in [0.717, 1.165) is 0 Å². The van der Waals surface area contributed by atoms with Crippen LogP contribution in [0.4, 0.5) is 10.5 Å². The number of amides is 1. The van der Waals surface area contributed by atoms with E-state index in [-0.39, 0.29) is 12.3 Å². The van der Waals surface area contributed by atoms with Crippen LogP contribution in [0.25, 0.3) is 0 Å². The van der Waals surface area contributed by atoms with Crippen molar-refractivity contribution in [2.24, 2.45) is 5.14 Å². The van der Waals surface area contributed by atoms with Crippen molar-refractivity contribution in [2.75, 3.05) is 0 Å². The predicted octanol–water partition coefficient (Wildman–Crippen LogP) is 0.0245. The minimum absolute atomic E-state index is 0.104. The van der Waals surface area contributed by atoms with Gasteiger partial charge in [0.15, 0.2) is 0 Å². The average molecular weight is 275 g/mol. The SMILES string of the molecule is NS(=O)(=O)NC(=O)OCc1ccc([N+](=O)[O-])cc1. The minimum Gasteiger partial charge on any atom is -0.444 e. The van der Waals surface area contributed by atoms with Gasteiger partial charge in [0.1, 0.15) is 6.61 Å². The number of nitrogens with two attached hydrogens (primary N) is 1. The second-order valence-electron chi connectivity index (χ2n) is 3.15. The number of non-ortho nitro benzene ring substituents is 1. The summed E-state index contributed by atoms with van der Waals surface area (Å²) in [6.07, 6.45) is -1.23. The van der Waals surface area contributed by atoms with E-state index in [2.05, 4.69) is 9.88 Å². The molecule has 0 aliphatic carbocycles. The number of benzene rings is 1. The molecule has 0 atom stereocenters. The van der Waals surface area contributed by atoms with Crippen LogP contribution >= 0.6 is 0 Å². The van der Waals surface area contributed by atoms with E-state index in [1.165, 1.54) is 29.0 Å². The Morgan fingerprint density at radius 1 is 1.39 bits per heavy atom. The Labute approximate surface area is 102 Å². The average Bonchev–Trinajstić information content (AvgIpc) is 2.24. The van der Waals surface area contributed by atoms with Gasteiger partial charge in [-0.15, -0.1) is 0 Å². The number of nitrogens with zero attached hydrogens (tertiary/aromatic N) is 1. The number of nitro groups is 1. The van der Waals surface area contributed by atoms with Crippen molar-refractivity contribution in [2.45, 2.75) is 6.61 Å². The van der Waals surface area contributed by atoms with Crippen LogP contribution < -0.4 is 9.86 Å². The number of carbonyl (C=O) groups is 1. The molecule has 0 saturated heterocycles. The smallest absolute Gasteiger partial charge is 0.422 e. The van der Waals surface area contributed by atoms with Gasteiger partial charge in [-0.2, -0.15) is 8.42 Å². The Balaban J connectivity index is 2.54. The summed E-state index contributed by atoms with van der Waals surface area (Å²) in [5, 5.41) is 14.9. The first-order chi connectivity index (χ1) is 8.28. The van der Waals surface area contributed by atoms with Crippen LogP contribution in [0.5, 0.6) is 0 Å². The van der Waals surface area contributed by atoms with Crippen molar-refractivity contribution >= 4 is 22.0 Å². The van der Waals surface area contributed by atoms with Crippen molar-refractivity contribution in [3.63, 3.8) is 0 Å². The molecular formula is C8H9N3O6S. The van der Waals surface area contributed by atoms with E-state index in [9.17, 15) is 23.3 Å². The number of hydrogen-bond donors (Lipinski definition) is 2. The van der Waals surface area contributed by atoms with Crippen molar-refractivity contribution in [3.05, 3.63) is 39.9 Å². The largest absolute Gasteiger partial charge is 0.444 e. The molecule has 0 saturated carbocycles. The van der Waals surface area contributed by atoms with Crippen molar-refractivity contribution in [3.8, 4) is 0 Å². The molecule has 0 unspecified atom stereocenters. The molecule has 1 aromatic carbocycles. The van der Waals surface area contributed by atoms with Gasteiger partial charge in [0.05, 0.1) is 4.92 Å². The number of rotatable bonds is 4. The Morgan fingerprint density at radius 3 is 2.39 bits per heavy atom. The second-order valence-corrected chi connectivity index (χ2v) is 4.44. The summed E-state index contributed by atoms with van der Waals surface area (Å²) < 4.78 is 26.9. The molecule has 0 aliphatic rings. The third-order valence-corrected chi connectivity index (χ3v) is 2.19.